The molecule has 0 saturated carbocycles. The topological polar surface area (TPSA) is 71.3 Å². The zero-order valence-corrected chi connectivity index (χ0v) is 15.5. The van der Waals surface area contributed by atoms with E-state index in [-0.39, 0.29) is 11.8 Å². The minimum absolute atomic E-state index is 0.231. The van der Waals surface area contributed by atoms with Crippen LogP contribution in [-0.2, 0) is 11.2 Å². The molecule has 0 aliphatic heterocycles. The molecule has 5 nitrogen and oxygen atoms in total. The van der Waals surface area contributed by atoms with E-state index >= 15 is 0 Å². The quantitative estimate of drug-likeness (QED) is 0.669. The van der Waals surface area contributed by atoms with E-state index in [0.717, 1.165) is 5.56 Å². The van der Waals surface area contributed by atoms with Crippen molar-refractivity contribution in [2.75, 3.05) is 12.4 Å². The van der Waals surface area contributed by atoms with Crippen LogP contribution in [-0.4, -0.2) is 18.9 Å². The van der Waals surface area contributed by atoms with Crippen LogP contribution < -0.4 is 10.6 Å². The van der Waals surface area contributed by atoms with Gasteiger partial charge in [0, 0.05) is 18.5 Å². The van der Waals surface area contributed by atoms with Crippen LogP contribution in [0.5, 0.6) is 0 Å². The van der Waals surface area contributed by atoms with E-state index in [2.05, 4.69) is 10.6 Å². The van der Waals surface area contributed by atoms with Gasteiger partial charge in [0.15, 0.2) is 0 Å². The van der Waals surface area contributed by atoms with Gasteiger partial charge < -0.3 is 15.1 Å². The van der Waals surface area contributed by atoms with Crippen LogP contribution in [0.3, 0.4) is 0 Å². The number of hydrogen-bond donors (Lipinski definition) is 2. The summed E-state index contributed by atoms with van der Waals surface area (Å²) in [4.78, 5) is 25.1. The third-order valence-electron chi connectivity index (χ3n) is 4.23. The van der Waals surface area contributed by atoms with Crippen LogP contribution in [0.4, 0.5) is 5.69 Å². The number of hydrogen-bond acceptors (Lipinski definition) is 3. The lowest BCUT2D eigenvalue weighted by molar-refractivity contribution is -0.117. The Morgan fingerprint density at radius 1 is 1.04 bits per heavy atom. The lowest BCUT2D eigenvalue weighted by Gasteiger charge is -2.18. The van der Waals surface area contributed by atoms with Crippen LogP contribution in [0.15, 0.2) is 71.3 Å². The highest BCUT2D eigenvalue weighted by atomic mass is 35.5. The Kier molecular flexibility index (Phi) is 5.94. The number of para-hydroxylation sites is 1. The summed E-state index contributed by atoms with van der Waals surface area (Å²) < 4.78 is 5.42. The summed E-state index contributed by atoms with van der Waals surface area (Å²) in [6.45, 7) is 0. The van der Waals surface area contributed by atoms with Crippen molar-refractivity contribution in [2.45, 2.75) is 12.3 Å². The van der Waals surface area contributed by atoms with Gasteiger partial charge in [0.2, 0.25) is 5.91 Å². The van der Waals surface area contributed by atoms with Crippen molar-refractivity contribution in [1.29, 1.82) is 0 Å². The average molecular weight is 383 g/mol. The number of nitrogens with one attached hydrogen (secondary N) is 2. The summed E-state index contributed by atoms with van der Waals surface area (Å²) in [6, 6.07) is 17.6. The van der Waals surface area contributed by atoms with Crippen LogP contribution in [0.2, 0.25) is 5.02 Å². The molecule has 0 radical (unpaired) electrons. The maximum atomic E-state index is 13.1. The fraction of sp³-hybridized carbons (Fsp3) is 0.143. The number of carbonyl (C=O) groups excluding carboxylic acids is 2. The van der Waals surface area contributed by atoms with Gasteiger partial charge in [0.25, 0.3) is 5.91 Å². The molecule has 6 heteroatoms. The van der Waals surface area contributed by atoms with Gasteiger partial charge in [-0.1, -0.05) is 35.9 Å². The first-order valence-electron chi connectivity index (χ1n) is 8.48. The third kappa shape index (κ3) is 4.57. The van der Waals surface area contributed by atoms with Crippen molar-refractivity contribution in [2.24, 2.45) is 0 Å². The van der Waals surface area contributed by atoms with E-state index in [1.807, 2.05) is 18.2 Å². The Labute approximate surface area is 162 Å². The Morgan fingerprint density at radius 2 is 1.78 bits per heavy atom. The highest BCUT2D eigenvalue weighted by Gasteiger charge is 2.24. The second kappa shape index (κ2) is 8.56. The van der Waals surface area contributed by atoms with Crippen molar-refractivity contribution >= 4 is 29.1 Å². The van der Waals surface area contributed by atoms with Crippen LogP contribution >= 0.6 is 11.6 Å². The molecule has 1 aromatic heterocycles. The first-order chi connectivity index (χ1) is 13.1. The Morgan fingerprint density at radius 3 is 2.44 bits per heavy atom. The van der Waals surface area contributed by atoms with Gasteiger partial charge in [-0.2, -0.15) is 0 Å². The highest BCUT2D eigenvalue weighted by Crippen LogP contribution is 2.26. The Bertz CT molecular complexity index is 921. The van der Waals surface area contributed by atoms with Gasteiger partial charge in [0.05, 0.1) is 23.4 Å². The third-order valence-corrected chi connectivity index (χ3v) is 4.48. The zero-order chi connectivity index (χ0) is 19.2. The van der Waals surface area contributed by atoms with Crippen molar-refractivity contribution < 1.29 is 14.0 Å². The van der Waals surface area contributed by atoms with E-state index in [0.29, 0.717) is 28.5 Å². The number of furan rings is 1. The number of rotatable bonds is 6. The van der Waals surface area contributed by atoms with E-state index < -0.39 is 5.92 Å². The molecule has 1 unspecified atom stereocenters. The molecule has 138 valence electrons. The summed E-state index contributed by atoms with van der Waals surface area (Å²) in [5.41, 5.74) is 1.67. The van der Waals surface area contributed by atoms with E-state index in [1.54, 1.807) is 55.8 Å². The maximum absolute atomic E-state index is 13.1. The van der Waals surface area contributed by atoms with Crippen molar-refractivity contribution in [3.63, 3.8) is 0 Å². The van der Waals surface area contributed by atoms with Gasteiger partial charge in [-0.15, -0.1) is 0 Å². The second-order valence-electron chi connectivity index (χ2n) is 6.00. The second-order valence-corrected chi connectivity index (χ2v) is 6.44. The van der Waals surface area contributed by atoms with Gasteiger partial charge in [-0.3, -0.25) is 9.59 Å². The molecular formula is C21H19ClN2O3. The molecule has 0 saturated heterocycles. The highest BCUT2D eigenvalue weighted by molar-refractivity contribution is 6.30. The minimum atomic E-state index is -0.494. The lowest BCUT2D eigenvalue weighted by atomic mass is 9.93. The summed E-state index contributed by atoms with van der Waals surface area (Å²) >= 11 is 5.98. The average Bonchev–Trinajstić information content (AvgIpc) is 3.20. The summed E-state index contributed by atoms with van der Waals surface area (Å²) in [5.74, 6) is -0.291. The standard InChI is InChI=1S/C21H19ClN2O3/c1-23-20(25)17-6-2-3-7-19(17)24-21(26)18(13-16-5-4-12-27-16)14-8-10-15(22)11-9-14/h2-12,18H,13H2,1H3,(H,23,25)(H,24,26). The summed E-state index contributed by atoms with van der Waals surface area (Å²) in [6.07, 6.45) is 1.97. The molecule has 0 aliphatic rings. The number of anilines is 1. The predicted molar refractivity (Wildman–Crippen MR) is 105 cm³/mol. The fourth-order valence-corrected chi connectivity index (χ4v) is 2.96. The summed E-state index contributed by atoms with van der Waals surface area (Å²) in [7, 11) is 1.55. The van der Waals surface area contributed by atoms with E-state index in [9.17, 15) is 9.59 Å². The number of carbonyl (C=O) groups is 2. The van der Waals surface area contributed by atoms with Gasteiger partial charge in [-0.05, 0) is 42.0 Å². The van der Waals surface area contributed by atoms with Gasteiger partial charge in [0.1, 0.15) is 5.76 Å². The molecule has 1 heterocycles. The zero-order valence-electron chi connectivity index (χ0n) is 14.7. The van der Waals surface area contributed by atoms with Gasteiger partial charge >= 0.3 is 0 Å². The Hall–Kier alpha value is -3.05. The smallest absolute Gasteiger partial charge is 0.253 e. The molecule has 2 amide bonds. The Balaban J connectivity index is 1.89. The summed E-state index contributed by atoms with van der Waals surface area (Å²) in [5, 5.41) is 6.05. The molecule has 3 rings (SSSR count). The van der Waals surface area contributed by atoms with Crippen LogP contribution in [0.25, 0.3) is 0 Å². The van der Waals surface area contributed by atoms with Crippen molar-refractivity contribution in [1.82, 2.24) is 5.32 Å². The number of benzene rings is 2. The van der Waals surface area contributed by atoms with Gasteiger partial charge in [-0.25, -0.2) is 0 Å². The molecule has 1 atom stereocenters. The van der Waals surface area contributed by atoms with E-state index in [4.69, 9.17) is 16.0 Å². The molecule has 0 bridgehead atoms. The molecule has 3 aromatic rings. The SMILES string of the molecule is CNC(=O)c1ccccc1NC(=O)C(Cc1ccco1)c1ccc(Cl)cc1. The van der Waals surface area contributed by atoms with Crippen molar-refractivity contribution in [3.05, 3.63) is 88.8 Å². The predicted octanol–water partition coefficient (Wildman–Crippen LogP) is 4.26. The molecular weight excluding hydrogens is 364 g/mol. The first kappa shape index (κ1) is 18.7. The fourth-order valence-electron chi connectivity index (χ4n) is 2.83. The minimum Gasteiger partial charge on any atom is -0.469 e. The molecule has 2 aromatic carbocycles. The van der Waals surface area contributed by atoms with E-state index in [1.165, 1.54) is 0 Å². The first-order valence-corrected chi connectivity index (χ1v) is 8.86. The van der Waals surface area contributed by atoms with Crippen LogP contribution in [0, 0.1) is 0 Å². The number of halogens is 1. The molecule has 0 fully saturated rings. The maximum Gasteiger partial charge on any atom is 0.253 e. The monoisotopic (exact) mass is 382 g/mol. The van der Waals surface area contributed by atoms with Crippen LogP contribution in [0.1, 0.15) is 27.6 Å². The molecule has 0 aliphatic carbocycles. The van der Waals surface area contributed by atoms with Crippen molar-refractivity contribution in [3.8, 4) is 0 Å². The normalized spacial score (nSPS) is 11.6. The molecule has 27 heavy (non-hydrogen) atoms. The molecule has 2 N–H and O–H groups in total. The molecule has 0 spiro atoms. The lowest BCUT2D eigenvalue weighted by Crippen LogP contribution is -2.25. The largest absolute Gasteiger partial charge is 0.469 e. The number of amides is 2.